The van der Waals surface area contributed by atoms with Gasteiger partial charge in [0.1, 0.15) is 5.69 Å². The number of hydrogen-bond donors (Lipinski definition) is 2. The molecule has 18 heavy (non-hydrogen) atoms. The molecule has 1 aromatic rings. The molecular weight excluding hydrogens is 230 g/mol. The van der Waals surface area contributed by atoms with Gasteiger partial charge in [0.15, 0.2) is 0 Å². The van der Waals surface area contributed by atoms with E-state index in [2.05, 4.69) is 10.4 Å². The van der Waals surface area contributed by atoms with Crippen molar-refractivity contribution in [3.63, 3.8) is 0 Å². The third-order valence-corrected chi connectivity index (χ3v) is 3.25. The topological polar surface area (TPSA) is 67.2 Å². The fraction of sp³-hybridized carbons (Fsp3) is 0.692. The largest absolute Gasteiger partial charge is 0.396 e. The molecule has 0 bridgehead atoms. The highest BCUT2D eigenvalue weighted by Crippen LogP contribution is 2.16. The second kappa shape index (κ2) is 6.00. The Kier molecular flexibility index (Phi) is 4.90. The van der Waals surface area contributed by atoms with Gasteiger partial charge < -0.3 is 10.4 Å². The maximum Gasteiger partial charge on any atom is 0.269 e. The van der Waals surface area contributed by atoms with E-state index in [-0.39, 0.29) is 24.1 Å². The molecule has 0 saturated heterocycles. The van der Waals surface area contributed by atoms with Crippen LogP contribution in [0, 0.1) is 0 Å². The molecule has 0 radical (unpaired) electrons. The summed E-state index contributed by atoms with van der Waals surface area (Å²) in [6, 6.07) is 1.86. The summed E-state index contributed by atoms with van der Waals surface area (Å²) in [6.07, 6.45) is 2.95. The number of nitrogens with one attached hydrogen (secondary N) is 1. The minimum absolute atomic E-state index is 0.0636. The Balaban J connectivity index is 2.84. The minimum Gasteiger partial charge on any atom is -0.396 e. The van der Waals surface area contributed by atoms with E-state index in [4.69, 9.17) is 5.11 Å². The number of hydrogen-bond acceptors (Lipinski definition) is 3. The standard InChI is InChI=1S/C13H23N3O2/c1-5-13(4,7-9-17)15-12(18)11-6-8-14-16(11)10(2)3/h6,8,10,17H,5,7,9H2,1-4H3,(H,15,18). The van der Waals surface area contributed by atoms with Crippen LogP contribution in [-0.2, 0) is 0 Å². The zero-order chi connectivity index (χ0) is 13.8. The summed E-state index contributed by atoms with van der Waals surface area (Å²) in [5.41, 5.74) is 0.181. The minimum atomic E-state index is -0.377. The van der Waals surface area contributed by atoms with E-state index in [0.29, 0.717) is 12.1 Å². The van der Waals surface area contributed by atoms with Crippen LogP contribution in [0.15, 0.2) is 12.3 Å². The van der Waals surface area contributed by atoms with E-state index in [1.807, 2.05) is 27.7 Å². The molecule has 1 aromatic heterocycles. The van der Waals surface area contributed by atoms with E-state index in [9.17, 15) is 4.79 Å². The Morgan fingerprint density at radius 2 is 2.28 bits per heavy atom. The fourth-order valence-electron chi connectivity index (χ4n) is 1.82. The lowest BCUT2D eigenvalue weighted by molar-refractivity contribution is 0.0873. The second-order valence-electron chi connectivity index (χ2n) is 5.10. The summed E-state index contributed by atoms with van der Waals surface area (Å²) in [5.74, 6) is -0.140. The van der Waals surface area contributed by atoms with Crippen molar-refractivity contribution in [2.75, 3.05) is 6.61 Å². The summed E-state index contributed by atoms with van der Waals surface area (Å²) in [5, 5.41) is 16.2. The van der Waals surface area contributed by atoms with Crippen molar-refractivity contribution < 1.29 is 9.90 Å². The third kappa shape index (κ3) is 3.32. The summed E-state index contributed by atoms with van der Waals surface area (Å²) >= 11 is 0. The first-order valence-corrected chi connectivity index (χ1v) is 6.40. The molecule has 0 fully saturated rings. The van der Waals surface area contributed by atoms with Gasteiger partial charge in [0, 0.05) is 24.4 Å². The number of rotatable bonds is 6. The van der Waals surface area contributed by atoms with Crippen molar-refractivity contribution in [3.8, 4) is 0 Å². The molecule has 1 heterocycles. The van der Waals surface area contributed by atoms with Gasteiger partial charge in [0.2, 0.25) is 0 Å². The number of carbonyl (C=O) groups is 1. The van der Waals surface area contributed by atoms with E-state index >= 15 is 0 Å². The van der Waals surface area contributed by atoms with Crippen LogP contribution in [0.4, 0.5) is 0 Å². The average molecular weight is 253 g/mol. The molecule has 0 aliphatic carbocycles. The van der Waals surface area contributed by atoms with Gasteiger partial charge in [0.05, 0.1) is 0 Å². The lowest BCUT2D eigenvalue weighted by atomic mass is 9.94. The number of aliphatic hydroxyl groups excluding tert-OH is 1. The van der Waals surface area contributed by atoms with Crippen LogP contribution in [0.5, 0.6) is 0 Å². The van der Waals surface area contributed by atoms with Crippen LogP contribution >= 0.6 is 0 Å². The number of aromatic nitrogens is 2. The lowest BCUT2D eigenvalue weighted by Crippen LogP contribution is -2.46. The summed E-state index contributed by atoms with van der Waals surface area (Å²) in [4.78, 5) is 12.2. The SMILES string of the molecule is CCC(C)(CCO)NC(=O)c1ccnn1C(C)C. The smallest absolute Gasteiger partial charge is 0.269 e. The van der Waals surface area contributed by atoms with Crippen molar-refractivity contribution >= 4 is 5.91 Å². The Bertz CT molecular complexity index is 401. The average Bonchev–Trinajstić information content (AvgIpc) is 2.78. The Morgan fingerprint density at radius 3 is 2.78 bits per heavy atom. The van der Waals surface area contributed by atoms with Gasteiger partial charge in [-0.1, -0.05) is 6.92 Å². The van der Waals surface area contributed by atoms with E-state index in [1.165, 1.54) is 0 Å². The monoisotopic (exact) mass is 253 g/mol. The van der Waals surface area contributed by atoms with Crippen LogP contribution in [-0.4, -0.2) is 32.9 Å². The maximum absolute atomic E-state index is 12.2. The molecule has 0 aromatic carbocycles. The molecule has 102 valence electrons. The van der Waals surface area contributed by atoms with Crippen molar-refractivity contribution in [1.82, 2.24) is 15.1 Å². The van der Waals surface area contributed by atoms with Gasteiger partial charge in [-0.05, 0) is 39.7 Å². The highest BCUT2D eigenvalue weighted by atomic mass is 16.3. The van der Waals surface area contributed by atoms with Gasteiger partial charge in [-0.2, -0.15) is 5.10 Å². The van der Waals surface area contributed by atoms with Gasteiger partial charge in [-0.15, -0.1) is 0 Å². The quantitative estimate of drug-likeness (QED) is 0.811. The highest BCUT2D eigenvalue weighted by molar-refractivity contribution is 5.93. The fourth-order valence-corrected chi connectivity index (χ4v) is 1.82. The molecule has 1 atom stereocenters. The van der Waals surface area contributed by atoms with Crippen LogP contribution in [0.2, 0.25) is 0 Å². The normalized spacial score (nSPS) is 14.6. The van der Waals surface area contributed by atoms with Gasteiger partial charge in [-0.25, -0.2) is 0 Å². The van der Waals surface area contributed by atoms with Crippen LogP contribution < -0.4 is 5.32 Å². The van der Waals surface area contributed by atoms with E-state index in [0.717, 1.165) is 6.42 Å². The van der Waals surface area contributed by atoms with E-state index < -0.39 is 0 Å². The predicted molar refractivity (Wildman–Crippen MR) is 70.5 cm³/mol. The molecular formula is C13H23N3O2. The molecule has 5 heteroatoms. The Morgan fingerprint density at radius 1 is 1.61 bits per heavy atom. The lowest BCUT2D eigenvalue weighted by Gasteiger charge is -2.29. The van der Waals surface area contributed by atoms with Gasteiger partial charge in [0.25, 0.3) is 5.91 Å². The Hall–Kier alpha value is -1.36. The Labute approximate surface area is 108 Å². The van der Waals surface area contributed by atoms with Gasteiger partial charge >= 0.3 is 0 Å². The predicted octanol–water partition coefficient (Wildman–Crippen LogP) is 1.74. The first-order chi connectivity index (χ1) is 8.43. The van der Waals surface area contributed by atoms with Crippen molar-refractivity contribution in [2.45, 2.75) is 52.1 Å². The van der Waals surface area contributed by atoms with Crippen LogP contribution in [0.25, 0.3) is 0 Å². The summed E-state index contributed by atoms with van der Waals surface area (Å²) in [6.45, 7) is 7.97. The van der Waals surface area contributed by atoms with Crippen LogP contribution in [0.3, 0.4) is 0 Å². The number of carbonyl (C=O) groups excluding carboxylic acids is 1. The maximum atomic E-state index is 12.2. The molecule has 1 unspecified atom stereocenters. The van der Waals surface area contributed by atoms with Crippen molar-refractivity contribution in [2.24, 2.45) is 0 Å². The molecule has 5 nitrogen and oxygen atoms in total. The van der Waals surface area contributed by atoms with Crippen molar-refractivity contribution in [1.29, 1.82) is 0 Å². The molecule has 0 saturated carbocycles. The second-order valence-corrected chi connectivity index (χ2v) is 5.10. The first kappa shape index (κ1) is 14.7. The highest BCUT2D eigenvalue weighted by Gasteiger charge is 2.25. The summed E-state index contributed by atoms with van der Waals surface area (Å²) in [7, 11) is 0. The molecule has 1 amide bonds. The summed E-state index contributed by atoms with van der Waals surface area (Å²) < 4.78 is 1.70. The molecule has 0 aliphatic rings. The van der Waals surface area contributed by atoms with Gasteiger partial charge in [-0.3, -0.25) is 9.48 Å². The number of aliphatic hydroxyl groups is 1. The van der Waals surface area contributed by atoms with Crippen molar-refractivity contribution in [3.05, 3.63) is 18.0 Å². The van der Waals surface area contributed by atoms with E-state index in [1.54, 1.807) is 16.9 Å². The molecule has 0 spiro atoms. The molecule has 0 aliphatic heterocycles. The molecule has 1 rings (SSSR count). The number of amides is 1. The zero-order valence-corrected chi connectivity index (χ0v) is 11.6. The van der Waals surface area contributed by atoms with Crippen LogP contribution in [0.1, 0.15) is 57.1 Å². The first-order valence-electron chi connectivity index (χ1n) is 6.40. The third-order valence-electron chi connectivity index (χ3n) is 3.25. The number of nitrogens with zero attached hydrogens (tertiary/aromatic N) is 2. The molecule has 2 N–H and O–H groups in total. The zero-order valence-electron chi connectivity index (χ0n) is 11.6.